The van der Waals surface area contributed by atoms with E-state index in [4.69, 9.17) is 20.8 Å². The minimum atomic E-state index is -0.405. The number of nitrogens with one attached hydrogen (secondary N) is 2. The van der Waals surface area contributed by atoms with Gasteiger partial charge in [-0.15, -0.1) is 11.3 Å². The number of methoxy groups -OCH3 is 1. The van der Waals surface area contributed by atoms with Crippen molar-refractivity contribution in [2.45, 2.75) is 0 Å². The van der Waals surface area contributed by atoms with Crippen molar-refractivity contribution in [1.29, 1.82) is 0 Å². The highest BCUT2D eigenvalue weighted by atomic mass is 35.5. The van der Waals surface area contributed by atoms with Gasteiger partial charge in [-0.1, -0.05) is 17.7 Å². The maximum Gasteiger partial charge on any atom is 0.291 e. The Labute approximate surface area is 187 Å². The Kier molecular flexibility index (Phi) is 6.06. The van der Waals surface area contributed by atoms with Crippen LogP contribution in [0.4, 0.5) is 11.4 Å². The lowest BCUT2D eigenvalue weighted by Crippen LogP contribution is -2.13. The van der Waals surface area contributed by atoms with Crippen LogP contribution in [0, 0.1) is 0 Å². The highest BCUT2D eigenvalue weighted by molar-refractivity contribution is 7.12. The van der Waals surface area contributed by atoms with Gasteiger partial charge >= 0.3 is 0 Å². The maximum absolute atomic E-state index is 12.6. The second kappa shape index (κ2) is 9.07. The number of rotatable bonds is 6. The number of hydrogen-bond donors (Lipinski definition) is 2. The molecule has 0 unspecified atom stereocenters. The summed E-state index contributed by atoms with van der Waals surface area (Å²) in [6, 6.07) is 19.0. The summed E-state index contributed by atoms with van der Waals surface area (Å²) in [6.07, 6.45) is 0. The first-order valence-electron chi connectivity index (χ1n) is 9.23. The van der Waals surface area contributed by atoms with Crippen molar-refractivity contribution in [2.24, 2.45) is 0 Å². The first kappa shape index (κ1) is 20.7. The molecule has 2 heterocycles. The van der Waals surface area contributed by atoms with E-state index < -0.39 is 5.91 Å². The smallest absolute Gasteiger partial charge is 0.291 e. The summed E-state index contributed by atoms with van der Waals surface area (Å²) in [7, 11) is 1.49. The van der Waals surface area contributed by atoms with Crippen molar-refractivity contribution in [3.05, 3.63) is 87.8 Å². The maximum atomic E-state index is 12.6. The number of carbonyl (C=O) groups excluding carboxylic acids is 2. The second-order valence-corrected chi connectivity index (χ2v) is 7.86. The zero-order chi connectivity index (χ0) is 21.8. The molecule has 156 valence electrons. The molecule has 6 nitrogen and oxygen atoms in total. The van der Waals surface area contributed by atoms with Crippen LogP contribution in [0.1, 0.15) is 20.2 Å². The first-order chi connectivity index (χ1) is 15.0. The highest BCUT2D eigenvalue weighted by Gasteiger charge is 2.15. The van der Waals surface area contributed by atoms with E-state index in [1.807, 2.05) is 23.6 Å². The van der Waals surface area contributed by atoms with E-state index in [9.17, 15) is 9.59 Å². The lowest BCUT2D eigenvalue weighted by atomic mass is 10.2. The van der Waals surface area contributed by atoms with E-state index in [-0.39, 0.29) is 11.7 Å². The Morgan fingerprint density at radius 1 is 0.968 bits per heavy atom. The quantitative estimate of drug-likeness (QED) is 0.366. The minimum absolute atomic E-state index is 0.166. The molecule has 2 amide bonds. The van der Waals surface area contributed by atoms with Crippen LogP contribution < -0.4 is 15.4 Å². The predicted octanol–water partition coefficient (Wildman–Crippen LogP) is 6.17. The van der Waals surface area contributed by atoms with E-state index in [1.165, 1.54) is 18.4 Å². The van der Waals surface area contributed by atoms with E-state index in [0.29, 0.717) is 32.8 Å². The van der Waals surface area contributed by atoms with Gasteiger partial charge in [0.05, 0.1) is 17.7 Å². The van der Waals surface area contributed by atoms with Crippen molar-refractivity contribution in [3.8, 4) is 17.1 Å². The van der Waals surface area contributed by atoms with E-state index in [0.717, 1.165) is 5.56 Å². The molecule has 0 aliphatic heterocycles. The lowest BCUT2D eigenvalue weighted by Gasteiger charge is -2.12. The fourth-order valence-electron chi connectivity index (χ4n) is 2.89. The number of furan rings is 1. The number of carbonyl (C=O) groups is 2. The summed E-state index contributed by atoms with van der Waals surface area (Å²) in [5.41, 5.74) is 1.82. The molecule has 0 radical (unpaired) electrons. The second-order valence-electron chi connectivity index (χ2n) is 6.47. The predicted molar refractivity (Wildman–Crippen MR) is 122 cm³/mol. The molecule has 0 bridgehead atoms. The molecule has 0 spiro atoms. The monoisotopic (exact) mass is 452 g/mol. The molecule has 31 heavy (non-hydrogen) atoms. The third-order valence-electron chi connectivity index (χ3n) is 4.41. The Morgan fingerprint density at radius 2 is 1.77 bits per heavy atom. The van der Waals surface area contributed by atoms with Crippen LogP contribution in [0.3, 0.4) is 0 Å². The largest absolute Gasteiger partial charge is 0.494 e. The van der Waals surface area contributed by atoms with Gasteiger partial charge < -0.3 is 19.8 Å². The SMILES string of the molecule is COc1cc(NC(=O)c2ccc(-c3ccc(Cl)cc3)o2)ccc1NC(=O)c1cccs1. The number of halogens is 1. The number of benzene rings is 2. The van der Waals surface area contributed by atoms with Crippen LogP contribution in [0.5, 0.6) is 5.75 Å². The van der Waals surface area contributed by atoms with Crippen molar-refractivity contribution in [2.75, 3.05) is 17.7 Å². The van der Waals surface area contributed by atoms with Gasteiger partial charge in [0.25, 0.3) is 11.8 Å². The van der Waals surface area contributed by atoms with Crippen LogP contribution >= 0.6 is 22.9 Å². The molecule has 2 N–H and O–H groups in total. The van der Waals surface area contributed by atoms with Gasteiger partial charge in [-0.25, -0.2) is 0 Å². The molecular weight excluding hydrogens is 436 g/mol. The normalized spacial score (nSPS) is 10.5. The summed E-state index contributed by atoms with van der Waals surface area (Å²) in [4.78, 5) is 25.5. The summed E-state index contributed by atoms with van der Waals surface area (Å²) >= 11 is 7.25. The fourth-order valence-corrected chi connectivity index (χ4v) is 3.63. The number of hydrogen-bond acceptors (Lipinski definition) is 5. The van der Waals surface area contributed by atoms with E-state index in [1.54, 1.807) is 48.5 Å². The molecule has 0 saturated carbocycles. The Balaban J connectivity index is 1.47. The van der Waals surface area contributed by atoms with Gasteiger partial charge in [0.2, 0.25) is 0 Å². The van der Waals surface area contributed by atoms with Crippen LogP contribution in [-0.4, -0.2) is 18.9 Å². The molecule has 0 fully saturated rings. The van der Waals surface area contributed by atoms with Gasteiger partial charge in [-0.05, 0) is 60.0 Å². The Hall–Kier alpha value is -3.55. The fraction of sp³-hybridized carbons (Fsp3) is 0.0435. The third kappa shape index (κ3) is 4.79. The Bertz CT molecular complexity index is 1220. The van der Waals surface area contributed by atoms with Crippen molar-refractivity contribution < 1.29 is 18.7 Å². The molecule has 0 atom stereocenters. The van der Waals surface area contributed by atoms with Crippen LogP contribution in [-0.2, 0) is 0 Å². The number of ether oxygens (including phenoxy) is 1. The Morgan fingerprint density at radius 3 is 2.48 bits per heavy atom. The first-order valence-corrected chi connectivity index (χ1v) is 10.5. The van der Waals surface area contributed by atoms with Gasteiger partial charge in [-0.2, -0.15) is 0 Å². The van der Waals surface area contributed by atoms with E-state index in [2.05, 4.69) is 10.6 Å². The van der Waals surface area contributed by atoms with Crippen molar-refractivity contribution >= 4 is 46.1 Å². The molecule has 0 aliphatic rings. The lowest BCUT2D eigenvalue weighted by molar-refractivity contribution is 0.0995. The van der Waals surface area contributed by atoms with Crippen LogP contribution in [0.25, 0.3) is 11.3 Å². The summed E-state index contributed by atoms with van der Waals surface area (Å²) in [5, 5.41) is 8.03. The van der Waals surface area contributed by atoms with Gasteiger partial charge in [0, 0.05) is 22.3 Å². The summed E-state index contributed by atoms with van der Waals surface area (Å²) in [5.74, 6) is 0.516. The average Bonchev–Trinajstić information content (AvgIpc) is 3.48. The molecule has 2 aromatic heterocycles. The molecule has 0 saturated heterocycles. The standard InChI is InChI=1S/C23H17ClN2O4S/c1-29-20-13-16(8-9-17(20)26-23(28)21-3-2-12-31-21)25-22(27)19-11-10-18(30-19)14-4-6-15(24)7-5-14/h2-13H,1H3,(H,25,27)(H,26,28). The van der Waals surface area contributed by atoms with Crippen molar-refractivity contribution in [3.63, 3.8) is 0 Å². The topological polar surface area (TPSA) is 80.6 Å². The molecule has 4 aromatic rings. The van der Waals surface area contributed by atoms with Gasteiger partial charge in [-0.3, -0.25) is 9.59 Å². The summed E-state index contributed by atoms with van der Waals surface area (Å²) < 4.78 is 11.0. The molecule has 4 rings (SSSR count). The number of thiophene rings is 1. The average molecular weight is 453 g/mol. The van der Waals surface area contributed by atoms with Gasteiger partial charge in [0.1, 0.15) is 11.5 Å². The third-order valence-corrected chi connectivity index (χ3v) is 5.53. The minimum Gasteiger partial charge on any atom is -0.494 e. The van der Waals surface area contributed by atoms with Crippen molar-refractivity contribution in [1.82, 2.24) is 0 Å². The molecule has 0 aliphatic carbocycles. The van der Waals surface area contributed by atoms with Gasteiger partial charge in [0.15, 0.2) is 5.76 Å². The summed E-state index contributed by atoms with van der Waals surface area (Å²) in [6.45, 7) is 0. The molecular formula is C23H17ClN2O4S. The molecule has 2 aromatic carbocycles. The zero-order valence-corrected chi connectivity index (χ0v) is 17.9. The zero-order valence-electron chi connectivity index (χ0n) is 16.3. The number of amides is 2. The molecule has 8 heteroatoms. The highest BCUT2D eigenvalue weighted by Crippen LogP contribution is 2.30. The van der Waals surface area contributed by atoms with E-state index >= 15 is 0 Å². The van der Waals surface area contributed by atoms with Crippen LogP contribution in [0.15, 0.2) is 76.5 Å². The number of anilines is 2. The van der Waals surface area contributed by atoms with Crippen LogP contribution in [0.2, 0.25) is 5.02 Å².